The molecule has 450 valence electrons. The molecular weight excluding hydrogens is 1120 g/mol. The summed E-state index contributed by atoms with van der Waals surface area (Å²) in [6.07, 6.45) is 1.55. The topological polar surface area (TPSA) is 357 Å². The molecule has 27 nitrogen and oxygen atoms in total. The van der Waals surface area contributed by atoms with Gasteiger partial charge < -0.3 is 57.2 Å². The second-order valence-corrected chi connectivity index (χ2v) is 19.5. The third kappa shape index (κ3) is 19.4. The first-order chi connectivity index (χ1) is 40.2. The first kappa shape index (κ1) is 65.5. The minimum atomic E-state index is -2.20. The second-order valence-electron chi connectivity index (χ2n) is 19.5. The smallest absolute Gasteiger partial charge is 0.341 e. The number of carbonyl (C=O) groups is 12. The van der Waals surface area contributed by atoms with Crippen LogP contribution in [0.1, 0.15) is 102 Å². The Balaban J connectivity index is 1.46. The van der Waals surface area contributed by atoms with Gasteiger partial charge in [0.1, 0.15) is 108 Å². The lowest BCUT2D eigenvalue weighted by atomic mass is 9.90. The highest BCUT2D eigenvalue weighted by atomic mass is 16.6. The van der Waals surface area contributed by atoms with E-state index in [1.54, 1.807) is 0 Å². The van der Waals surface area contributed by atoms with Crippen LogP contribution in [0, 0.1) is 16.2 Å². The zero-order valence-corrected chi connectivity index (χ0v) is 47.1. The summed E-state index contributed by atoms with van der Waals surface area (Å²) in [5.41, 5.74) is -7.22. The molecule has 0 saturated heterocycles. The fourth-order valence-corrected chi connectivity index (χ4v) is 7.26. The highest BCUT2D eigenvalue weighted by molar-refractivity contribution is 5.96. The van der Waals surface area contributed by atoms with Crippen LogP contribution in [0.25, 0.3) is 0 Å². The van der Waals surface area contributed by atoms with Gasteiger partial charge in [0.2, 0.25) is 0 Å². The quantitative estimate of drug-likeness (QED) is 0.0282. The van der Waals surface area contributed by atoms with Gasteiger partial charge in [0.15, 0.2) is 0 Å². The minimum absolute atomic E-state index is 0.0686. The lowest BCUT2D eigenvalue weighted by Gasteiger charge is -2.32. The van der Waals surface area contributed by atoms with E-state index in [0.717, 1.165) is 53.1 Å². The Labute approximate surface area is 484 Å². The van der Waals surface area contributed by atoms with Crippen LogP contribution in [0.3, 0.4) is 0 Å². The Hall–Kier alpha value is -10.3. The molecule has 1 aromatic heterocycles. The van der Waals surface area contributed by atoms with Crippen molar-refractivity contribution < 1.29 is 115 Å². The van der Waals surface area contributed by atoms with Crippen molar-refractivity contribution in [2.75, 3.05) is 46.2 Å². The van der Waals surface area contributed by atoms with Gasteiger partial charge in [-0.1, -0.05) is 53.7 Å². The van der Waals surface area contributed by atoms with Crippen molar-refractivity contribution in [3.8, 4) is 23.0 Å². The summed E-state index contributed by atoms with van der Waals surface area (Å²) in [6.45, 7) is 1.33. The zero-order chi connectivity index (χ0) is 62.5. The third-order valence-electron chi connectivity index (χ3n) is 11.7. The fourth-order valence-electron chi connectivity index (χ4n) is 7.26. The Morgan fingerprint density at radius 1 is 0.424 bits per heavy atom. The number of para-hydroxylation sites is 4. The highest BCUT2D eigenvalue weighted by Gasteiger charge is 2.46. The number of rotatable bonds is 29. The minimum Gasteiger partial charge on any atom is -0.480 e. The molecule has 27 heteroatoms. The van der Waals surface area contributed by atoms with Gasteiger partial charge >= 0.3 is 71.6 Å². The summed E-state index contributed by atoms with van der Waals surface area (Å²) in [5.74, 6) is -13.3. The largest absolute Gasteiger partial charge is 0.480 e. The maximum absolute atomic E-state index is 14.5. The van der Waals surface area contributed by atoms with Crippen molar-refractivity contribution in [1.29, 1.82) is 0 Å². The lowest BCUT2D eigenvalue weighted by molar-refractivity contribution is -0.179. The Bertz CT molecular complexity index is 3000. The predicted octanol–water partition coefficient (Wildman–Crippen LogP) is 5.07. The molecule has 0 aliphatic heterocycles. The standard InChI is InChI=1S/C58H59N3O24/c1-35(62)82-44-22-12-8-18-40(44)49(68)76-29-56(5,30-77-50(69)41-19-9-13-23-45(41)83-36(2)63)54(73)80-33-58(7,53(72)75-26-16-17-39-27-61(60-59-39)28-48(66)67)34-81-55(74)57(6,31-78-51(70)42-20-10-14-24-46(42)84-37(3)64)32-79-52(71)43-21-11-15-25-47(43)85-38(4)65/h8-15,18-25,27H,16-17,26,28-34H2,1-7H3,(H,66,67). The maximum atomic E-state index is 14.5. The Kier molecular flexibility index (Phi) is 23.2. The van der Waals surface area contributed by atoms with Crippen LogP contribution in [-0.2, 0) is 84.5 Å². The molecule has 0 unspecified atom stereocenters. The third-order valence-corrected chi connectivity index (χ3v) is 11.7. The molecular formula is C58H59N3O24. The summed E-state index contributed by atoms with van der Waals surface area (Å²) in [6, 6.07) is 21.8. The molecule has 0 fully saturated rings. The van der Waals surface area contributed by atoms with Crippen LogP contribution in [0.2, 0.25) is 0 Å². The number of nitrogens with zero attached hydrogens (tertiary/aromatic N) is 3. The highest BCUT2D eigenvalue weighted by Crippen LogP contribution is 2.31. The fraction of sp³-hybridized carbons (Fsp3) is 0.345. The molecule has 5 aromatic rings. The summed E-state index contributed by atoms with van der Waals surface area (Å²) in [5, 5.41) is 16.8. The molecule has 1 N–H and O–H groups in total. The Morgan fingerprint density at radius 3 is 1.00 bits per heavy atom. The molecule has 0 radical (unpaired) electrons. The first-order valence-electron chi connectivity index (χ1n) is 25.6. The van der Waals surface area contributed by atoms with Crippen LogP contribution in [0.5, 0.6) is 23.0 Å². The van der Waals surface area contributed by atoms with E-state index >= 15 is 0 Å². The van der Waals surface area contributed by atoms with E-state index in [1.165, 1.54) is 103 Å². The number of ether oxygens (including phenoxy) is 11. The number of carbonyl (C=O) groups excluding carboxylic acids is 11. The molecule has 85 heavy (non-hydrogen) atoms. The summed E-state index contributed by atoms with van der Waals surface area (Å²) >= 11 is 0. The molecule has 0 bridgehead atoms. The molecule has 0 aliphatic carbocycles. The molecule has 0 aliphatic rings. The van der Waals surface area contributed by atoms with Gasteiger partial charge in [-0.3, -0.25) is 38.4 Å². The SMILES string of the molecule is CC(=O)Oc1ccccc1C(=O)OCC(C)(COC(=O)c1ccccc1OC(C)=O)C(=O)OCC(C)(COC(=O)C(C)(COC(=O)c1ccccc1OC(C)=O)COC(=O)c1ccccc1OC(C)=O)C(=O)OCCCc1cn(CC(=O)O)nn1. The number of benzene rings is 4. The van der Waals surface area contributed by atoms with Crippen molar-refractivity contribution in [2.45, 2.75) is 67.9 Å². The molecule has 0 atom stereocenters. The van der Waals surface area contributed by atoms with Crippen LogP contribution in [0.15, 0.2) is 103 Å². The zero-order valence-electron chi connectivity index (χ0n) is 47.1. The van der Waals surface area contributed by atoms with Gasteiger partial charge in [-0.2, -0.15) is 0 Å². The van der Waals surface area contributed by atoms with E-state index in [0.29, 0.717) is 5.69 Å². The summed E-state index contributed by atoms with van der Waals surface area (Å²) in [7, 11) is 0. The number of aliphatic carboxylic acids is 1. The number of carboxylic acid groups (broad SMARTS) is 1. The van der Waals surface area contributed by atoms with Crippen molar-refractivity contribution in [3.63, 3.8) is 0 Å². The maximum Gasteiger partial charge on any atom is 0.341 e. The predicted molar refractivity (Wildman–Crippen MR) is 285 cm³/mol. The van der Waals surface area contributed by atoms with Crippen molar-refractivity contribution in [1.82, 2.24) is 15.0 Å². The van der Waals surface area contributed by atoms with Crippen molar-refractivity contribution in [2.24, 2.45) is 16.2 Å². The van der Waals surface area contributed by atoms with E-state index in [4.69, 9.17) is 57.2 Å². The van der Waals surface area contributed by atoms with Crippen molar-refractivity contribution in [3.05, 3.63) is 131 Å². The van der Waals surface area contributed by atoms with E-state index in [1.807, 2.05) is 0 Å². The van der Waals surface area contributed by atoms with Gasteiger partial charge in [0.25, 0.3) is 0 Å². The summed E-state index contributed by atoms with van der Waals surface area (Å²) < 4.78 is 60.9. The molecule has 0 amide bonds. The number of hydrogen-bond acceptors (Lipinski definition) is 25. The Morgan fingerprint density at radius 2 is 0.706 bits per heavy atom. The van der Waals surface area contributed by atoms with Crippen LogP contribution in [-0.4, -0.2) is 138 Å². The first-order valence-corrected chi connectivity index (χ1v) is 25.6. The van der Waals surface area contributed by atoms with Gasteiger partial charge in [0.05, 0.1) is 12.3 Å². The number of hydrogen-bond donors (Lipinski definition) is 1. The van der Waals surface area contributed by atoms with Gasteiger partial charge in [-0.05, 0) is 82.1 Å². The number of aryl methyl sites for hydroxylation is 1. The van der Waals surface area contributed by atoms with E-state index in [9.17, 15) is 57.5 Å². The van der Waals surface area contributed by atoms with Crippen LogP contribution >= 0.6 is 0 Å². The van der Waals surface area contributed by atoms with E-state index < -0.39 is 134 Å². The lowest BCUT2D eigenvalue weighted by Crippen LogP contribution is -2.46. The molecule has 4 aromatic carbocycles. The molecule has 0 spiro atoms. The van der Waals surface area contributed by atoms with Crippen LogP contribution < -0.4 is 18.9 Å². The van der Waals surface area contributed by atoms with Crippen molar-refractivity contribution >= 4 is 71.6 Å². The number of esters is 11. The van der Waals surface area contributed by atoms with Gasteiger partial charge in [-0.15, -0.1) is 5.10 Å². The van der Waals surface area contributed by atoms with Gasteiger partial charge in [0, 0.05) is 33.9 Å². The molecule has 1 heterocycles. The normalized spacial score (nSPS) is 11.1. The average molecular weight is 1180 g/mol. The number of carboxylic acids is 1. The van der Waals surface area contributed by atoms with E-state index in [2.05, 4.69) is 10.3 Å². The van der Waals surface area contributed by atoms with Gasteiger partial charge in [-0.25, -0.2) is 23.9 Å². The number of aromatic nitrogens is 3. The monoisotopic (exact) mass is 1180 g/mol. The van der Waals surface area contributed by atoms with E-state index in [-0.39, 0.29) is 64.7 Å². The second kappa shape index (κ2) is 30.1. The van der Waals surface area contributed by atoms with Crippen LogP contribution in [0.4, 0.5) is 0 Å². The average Bonchev–Trinajstić information content (AvgIpc) is 4.08. The molecule has 5 rings (SSSR count). The summed E-state index contributed by atoms with van der Waals surface area (Å²) in [4.78, 5) is 156. The molecule has 0 saturated carbocycles.